The van der Waals surface area contributed by atoms with Crippen LogP contribution in [0.2, 0.25) is 0 Å². The maximum Gasteiger partial charge on any atom is 0.185 e. The number of nitrogens with two attached hydrogens (primary N) is 1. The Hall–Kier alpha value is -0.650. The minimum absolute atomic E-state index is 0.104. The van der Waals surface area contributed by atoms with Crippen molar-refractivity contribution in [1.82, 2.24) is 9.88 Å². The lowest BCUT2D eigenvalue weighted by molar-refractivity contribution is 0.141. The highest BCUT2D eigenvalue weighted by atomic mass is 32.1. The summed E-state index contributed by atoms with van der Waals surface area (Å²) in [7, 11) is 0. The van der Waals surface area contributed by atoms with Gasteiger partial charge in [0.2, 0.25) is 0 Å². The Kier molecular flexibility index (Phi) is 4.58. The minimum atomic E-state index is 0.104. The topological polar surface area (TPSA) is 45.4 Å². The summed E-state index contributed by atoms with van der Waals surface area (Å²) in [5.41, 5.74) is 5.92. The van der Waals surface area contributed by atoms with Crippen molar-refractivity contribution in [3.05, 3.63) is 11.1 Å². The van der Waals surface area contributed by atoms with Gasteiger partial charge in [-0.1, -0.05) is 6.42 Å². The van der Waals surface area contributed by atoms with Crippen molar-refractivity contribution in [2.24, 2.45) is 5.73 Å². The van der Waals surface area contributed by atoms with E-state index in [0.29, 0.717) is 0 Å². The van der Waals surface area contributed by atoms with Crippen LogP contribution in [-0.2, 0) is 0 Å². The first kappa shape index (κ1) is 14.3. The molecule has 0 saturated carbocycles. The zero-order valence-corrected chi connectivity index (χ0v) is 13.2. The molecule has 3 rings (SSSR count). The lowest BCUT2D eigenvalue weighted by Gasteiger charge is -2.40. The summed E-state index contributed by atoms with van der Waals surface area (Å²) in [6.45, 7) is 6.95. The predicted octanol–water partition coefficient (Wildman–Crippen LogP) is 2.62. The van der Waals surface area contributed by atoms with Gasteiger partial charge >= 0.3 is 0 Å². The van der Waals surface area contributed by atoms with Gasteiger partial charge in [-0.3, -0.25) is 0 Å². The largest absolute Gasteiger partial charge is 0.348 e. The van der Waals surface area contributed by atoms with E-state index in [2.05, 4.69) is 14.8 Å². The van der Waals surface area contributed by atoms with Crippen molar-refractivity contribution in [2.75, 3.05) is 31.1 Å². The first-order chi connectivity index (χ1) is 9.74. The van der Waals surface area contributed by atoms with Crippen LogP contribution in [0, 0.1) is 0 Å². The molecule has 0 spiro atoms. The van der Waals surface area contributed by atoms with E-state index in [-0.39, 0.29) is 6.04 Å². The summed E-state index contributed by atoms with van der Waals surface area (Å²) >= 11 is 1.76. The molecule has 1 unspecified atom stereocenters. The predicted molar refractivity (Wildman–Crippen MR) is 85.4 cm³/mol. The molecule has 0 bridgehead atoms. The highest BCUT2D eigenvalue weighted by Gasteiger charge is 2.26. The van der Waals surface area contributed by atoms with Gasteiger partial charge in [-0.2, -0.15) is 0 Å². The zero-order chi connectivity index (χ0) is 13.9. The van der Waals surface area contributed by atoms with Gasteiger partial charge in [0.25, 0.3) is 0 Å². The van der Waals surface area contributed by atoms with Crippen LogP contribution in [0.3, 0.4) is 0 Å². The number of anilines is 1. The maximum absolute atomic E-state index is 5.92. The molecule has 20 heavy (non-hydrogen) atoms. The van der Waals surface area contributed by atoms with Gasteiger partial charge in [0, 0.05) is 36.2 Å². The number of hydrogen-bond acceptors (Lipinski definition) is 5. The molecule has 2 N–H and O–H groups in total. The van der Waals surface area contributed by atoms with Gasteiger partial charge in [-0.05, 0) is 45.7 Å². The molecule has 1 aromatic rings. The summed E-state index contributed by atoms with van der Waals surface area (Å²) < 4.78 is 0. The Morgan fingerprint density at radius 3 is 2.50 bits per heavy atom. The van der Waals surface area contributed by atoms with Gasteiger partial charge < -0.3 is 15.5 Å². The monoisotopic (exact) mass is 294 g/mol. The lowest BCUT2D eigenvalue weighted by atomic mass is 10.0. The van der Waals surface area contributed by atoms with Crippen LogP contribution in [-0.4, -0.2) is 42.1 Å². The Morgan fingerprint density at radius 1 is 1.20 bits per heavy atom. The highest BCUT2D eigenvalue weighted by Crippen LogP contribution is 2.29. The van der Waals surface area contributed by atoms with Crippen molar-refractivity contribution < 1.29 is 0 Å². The van der Waals surface area contributed by atoms with E-state index in [1.54, 1.807) is 11.3 Å². The van der Waals surface area contributed by atoms with Crippen molar-refractivity contribution in [1.29, 1.82) is 0 Å². The van der Waals surface area contributed by atoms with E-state index in [9.17, 15) is 0 Å². The molecule has 3 heterocycles. The van der Waals surface area contributed by atoms with Crippen LogP contribution < -0.4 is 10.6 Å². The van der Waals surface area contributed by atoms with Crippen LogP contribution in [0.15, 0.2) is 6.20 Å². The quantitative estimate of drug-likeness (QED) is 0.931. The van der Waals surface area contributed by atoms with Crippen molar-refractivity contribution >= 4 is 16.5 Å². The lowest BCUT2D eigenvalue weighted by Crippen LogP contribution is -2.46. The van der Waals surface area contributed by atoms with Gasteiger partial charge in [-0.15, -0.1) is 11.3 Å². The van der Waals surface area contributed by atoms with E-state index in [1.165, 1.54) is 50.1 Å². The van der Waals surface area contributed by atoms with E-state index in [1.807, 2.05) is 13.1 Å². The molecule has 2 aliphatic rings. The van der Waals surface area contributed by atoms with E-state index in [4.69, 9.17) is 5.73 Å². The summed E-state index contributed by atoms with van der Waals surface area (Å²) in [6.07, 6.45) is 8.73. The van der Waals surface area contributed by atoms with Crippen molar-refractivity contribution in [2.45, 2.75) is 51.1 Å². The molecule has 0 aliphatic carbocycles. The molecule has 112 valence electrons. The number of likely N-dealkylation sites (tertiary alicyclic amines) is 1. The van der Waals surface area contributed by atoms with Crippen LogP contribution in [0.1, 0.15) is 49.9 Å². The fourth-order valence-corrected chi connectivity index (χ4v) is 4.26. The fraction of sp³-hybridized carbons (Fsp3) is 0.800. The average molecular weight is 294 g/mol. The Morgan fingerprint density at radius 2 is 1.90 bits per heavy atom. The van der Waals surface area contributed by atoms with Crippen molar-refractivity contribution in [3.8, 4) is 0 Å². The SMILES string of the molecule is CC(N)c1cnc(N2CCC(N3CCCCC3)CC2)s1. The normalized spacial score (nSPS) is 24.0. The molecule has 0 aromatic carbocycles. The van der Waals surface area contributed by atoms with Crippen LogP contribution in [0.5, 0.6) is 0 Å². The van der Waals surface area contributed by atoms with Gasteiger partial charge in [0.15, 0.2) is 5.13 Å². The van der Waals surface area contributed by atoms with Gasteiger partial charge in [0.05, 0.1) is 0 Å². The third-order valence-corrected chi connectivity index (χ3v) is 5.86. The number of thiazole rings is 1. The van der Waals surface area contributed by atoms with Gasteiger partial charge in [0.1, 0.15) is 0 Å². The molecular weight excluding hydrogens is 268 g/mol. The summed E-state index contributed by atoms with van der Waals surface area (Å²) in [5.74, 6) is 0. The molecule has 0 amide bonds. The zero-order valence-electron chi connectivity index (χ0n) is 12.4. The van der Waals surface area contributed by atoms with Crippen LogP contribution in [0.4, 0.5) is 5.13 Å². The molecule has 5 heteroatoms. The Labute approximate surface area is 126 Å². The van der Waals surface area contributed by atoms with E-state index >= 15 is 0 Å². The maximum atomic E-state index is 5.92. The van der Waals surface area contributed by atoms with E-state index in [0.717, 1.165) is 24.3 Å². The third kappa shape index (κ3) is 3.15. The summed E-state index contributed by atoms with van der Waals surface area (Å²) in [6, 6.07) is 0.909. The van der Waals surface area contributed by atoms with Crippen LogP contribution in [0.25, 0.3) is 0 Å². The van der Waals surface area contributed by atoms with Crippen LogP contribution >= 0.6 is 11.3 Å². The molecule has 2 aliphatic heterocycles. The Bertz CT molecular complexity index is 417. The second-order valence-electron chi connectivity index (χ2n) is 6.15. The average Bonchev–Trinajstić information content (AvgIpc) is 2.98. The molecular formula is C15H26N4S. The number of aromatic nitrogens is 1. The number of hydrogen-bond donors (Lipinski definition) is 1. The summed E-state index contributed by atoms with van der Waals surface area (Å²) in [4.78, 5) is 10.9. The number of rotatable bonds is 3. The first-order valence-corrected chi connectivity index (χ1v) is 8.76. The van der Waals surface area contributed by atoms with Gasteiger partial charge in [-0.25, -0.2) is 4.98 Å². The second-order valence-corrected chi connectivity index (χ2v) is 7.19. The first-order valence-electron chi connectivity index (χ1n) is 7.94. The third-order valence-electron chi connectivity index (χ3n) is 4.60. The molecule has 2 fully saturated rings. The Balaban J connectivity index is 1.54. The standard InChI is InChI=1S/C15H26N4S/c1-12(16)14-11-17-15(20-14)19-9-5-13(6-10-19)18-7-3-2-4-8-18/h11-13H,2-10,16H2,1H3. The molecule has 0 radical (unpaired) electrons. The van der Waals surface area contributed by atoms with E-state index < -0.39 is 0 Å². The minimum Gasteiger partial charge on any atom is -0.348 e. The summed E-state index contributed by atoms with van der Waals surface area (Å²) in [5, 5.41) is 1.16. The molecule has 1 aromatic heterocycles. The molecule has 1 atom stereocenters. The smallest absolute Gasteiger partial charge is 0.185 e. The number of nitrogens with zero attached hydrogens (tertiary/aromatic N) is 3. The highest BCUT2D eigenvalue weighted by molar-refractivity contribution is 7.15. The molecule has 4 nitrogen and oxygen atoms in total. The van der Waals surface area contributed by atoms with Crippen molar-refractivity contribution in [3.63, 3.8) is 0 Å². The second kappa shape index (κ2) is 6.41. The fourth-order valence-electron chi connectivity index (χ4n) is 3.34. The molecule has 2 saturated heterocycles. The number of piperidine rings is 2.